The van der Waals surface area contributed by atoms with E-state index in [2.05, 4.69) is 10.6 Å². The Morgan fingerprint density at radius 2 is 1.79 bits per heavy atom. The van der Waals surface area contributed by atoms with E-state index in [0.29, 0.717) is 39.9 Å². The Bertz CT molecular complexity index is 1070. The molecule has 3 aromatic rings. The van der Waals surface area contributed by atoms with Crippen LogP contribution in [-0.2, 0) is 4.79 Å². The molecule has 6 nitrogen and oxygen atoms in total. The van der Waals surface area contributed by atoms with Gasteiger partial charge in [-0.3, -0.25) is 9.59 Å². The number of benzene rings is 3. The topological polar surface area (TPSA) is 76.7 Å². The number of amides is 2. The highest BCUT2D eigenvalue weighted by atomic mass is 32.2. The van der Waals surface area contributed by atoms with E-state index in [4.69, 9.17) is 9.47 Å². The van der Waals surface area contributed by atoms with Gasteiger partial charge in [0.2, 0.25) is 5.91 Å². The number of anilines is 2. The molecular weight excluding hydrogens is 388 g/mol. The zero-order valence-electron chi connectivity index (χ0n) is 15.6. The standard InChI is InChI=1S/C22H18N2O4S/c1-27-18-4-2-3-5-19(18)28-16-9-7-15(8-10-16)23-22(26)14-6-11-20-17(12-14)24-21(25)13-29-20/h2-12H,13H2,1H3,(H,23,26)(H,24,25). The van der Waals surface area contributed by atoms with Crippen LogP contribution >= 0.6 is 11.8 Å². The molecule has 0 spiro atoms. The Morgan fingerprint density at radius 1 is 1.03 bits per heavy atom. The van der Waals surface area contributed by atoms with E-state index < -0.39 is 0 Å². The van der Waals surface area contributed by atoms with E-state index in [1.165, 1.54) is 11.8 Å². The lowest BCUT2D eigenvalue weighted by molar-refractivity contribution is -0.113. The molecule has 0 saturated heterocycles. The van der Waals surface area contributed by atoms with Crippen LogP contribution in [0.15, 0.2) is 71.6 Å². The molecule has 0 fully saturated rings. The third kappa shape index (κ3) is 4.35. The fraction of sp³-hybridized carbons (Fsp3) is 0.0909. The Balaban J connectivity index is 1.44. The Morgan fingerprint density at radius 3 is 2.55 bits per heavy atom. The molecule has 0 aliphatic carbocycles. The van der Waals surface area contributed by atoms with E-state index in [9.17, 15) is 9.59 Å². The first-order chi connectivity index (χ1) is 14.1. The van der Waals surface area contributed by atoms with Crippen LogP contribution in [-0.4, -0.2) is 24.7 Å². The predicted molar refractivity (Wildman–Crippen MR) is 113 cm³/mol. The van der Waals surface area contributed by atoms with Gasteiger partial charge in [-0.15, -0.1) is 11.8 Å². The molecule has 0 unspecified atom stereocenters. The minimum Gasteiger partial charge on any atom is -0.493 e. The highest BCUT2D eigenvalue weighted by Crippen LogP contribution is 2.33. The molecule has 2 amide bonds. The fourth-order valence-electron chi connectivity index (χ4n) is 2.86. The normalized spacial score (nSPS) is 12.5. The van der Waals surface area contributed by atoms with Crippen LogP contribution in [0.1, 0.15) is 10.4 Å². The molecule has 1 aliphatic rings. The number of fused-ring (bicyclic) bond motifs is 1. The number of hydrogen-bond acceptors (Lipinski definition) is 5. The van der Waals surface area contributed by atoms with Crippen molar-refractivity contribution in [1.82, 2.24) is 0 Å². The average molecular weight is 406 g/mol. The summed E-state index contributed by atoms with van der Waals surface area (Å²) < 4.78 is 11.1. The van der Waals surface area contributed by atoms with E-state index in [-0.39, 0.29) is 11.8 Å². The molecule has 2 N–H and O–H groups in total. The summed E-state index contributed by atoms with van der Waals surface area (Å²) in [5.74, 6) is 1.95. The summed E-state index contributed by atoms with van der Waals surface area (Å²) in [4.78, 5) is 25.1. The number of carbonyl (C=O) groups excluding carboxylic acids is 2. The number of methoxy groups -OCH3 is 1. The third-order valence-corrected chi connectivity index (χ3v) is 5.36. The second-order valence-electron chi connectivity index (χ2n) is 6.28. The van der Waals surface area contributed by atoms with Crippen LogP contribution in [0.25, 0.3) is 0 Å². The van der Waals surface area contributed by atoms with Crippen molar-refractivity contribution in [2.45, 2.75) is 4.90 Å². The van der Waals surface area contributed by atoms with E-state index in [1.807, 2.05) is 30.3 Å². The quantitative estimate of drug-likeness (QED) is 0.637. The van der Waals surface area contributed by atoms with Crippen LogP contribution < -0.4 is 20.1 Å². The van der Waals surface area contributed by atoms with Gasteiger partial charge in [0, 0.05) is 16.1 Å². The second kappa shape index (κ2) is 8.28. The zero-order chi connectivity index (χ0) is 20.2. The molecule has 0 radical (unpaired) electrons. The number of para-hydroxylation sites is 2. The fourth-order valence-corrected chi connectivity index (χ4v) is 3.65. The maximum Gasteiger partial charge on any atom is 0.255 e. The summed E-state index contributed by atoms with van der Waals surface area (Å²) in [6.45, 7) is 0. The molecule has 146 valence electrons. The van der Waals surface area contributed by atoms with Gasteiger partial charge in [-0.05, 0) is 54.6 Å². The van der Waals surface area contributed by atoms with E-state index in [0.717, 1.165) is 4.90 Å². The first-order valence-electron chi connectivity index (χ1n) is 8.91. The molecule has 29 heavy (non-hydrogen) atoms. The van der Waals surface area contributed by atoms with Crippen molar-refractivity contribution in [2.24, 2.45) is 0 Å². The van der Waals surface area contributed by atoms with Crippen LogP contribution in [0.3, 0.4) is 0 Å². The maximum atomic E-state index is 12.6. The van der Waals surface area contributed by atoms with Gasteiger partial charge in [-0.1, -0.05) is 12.1 Å². The van der Waals surface area contributed by atoms with Gasteiger partial charge in [0.15, 0.2) is 11.5 Å². The lowest BCUT2D eigenvalue weighted by Crippen LogP contribution is -2.19. The SMILES string of the molecule is COc1ccccc1Oc1ccc(NC(=O)c2ccc3c(c2)NC(=O)CS3)cc1. The molecule has 0 bridgehead atoms. The Hall–Kier alpha value is -3.45. The minimum atomic E-state index is -0.254. The summed E-state index contributed by atoms with van der Waals surface area (Å²) >= 11 is 1.46. The van der Waals surface area contributed by atoms with Crippen LogP contribution in [0, 0.1) is 0 Å². The minimum absolute atomic E-state index is 0.0642. The average Bonchev–Trinajstić information content (AvgIpc) is 2.75. The highest BCUT2D eigenvalue weighted by Gasteiger charge is 2.17. The van der Waals surface area contributed by atoms with Crippen molar-refractivity contribution in [1.29, 1.82) is 0 Å². The van der Waals surface area contributed by atoms with Crippen molar-refractivity contribution in [2.75, 3.05) is 23.5 Å². The third-order valence-electron chi connectivity index (χ3n) is 4.28. The summed E-state index contributed by atoms with van der Waals surface area (Å²) in [6.07, 6.45) is 0. The van der Waals surface area contributed by atoms with Crippen molar-refractivity contribution in [3.05, 3.63) is 72.3 Å². The van der Waals surface area contributed by atoms with Gasteiger partial charge in [0.25, 0.3) is 5.91 Å². The number of ether oxygens (including phenoxy) is 2. The zero-order valence-corrected chi connectivity index (χ0v) is 16.4. The summed E-state index contributed by atoms with van der Waals surface area (Å²) in [7, 11) is 1.59. The predicted octanol–water partition coefficient (Wildman–Crippen LogP) is 4.78. The van der Waals surface area contributed by atoms with Crippen molar-refractivity contribution in [3.63, 3.8) is 0 Å². The number of hydrogen-bond donors (Lipinski definition) is 2. The molecule has 4 rings (SSSR count). The number of nitrogens with one attached hydrogen (secondary N) is 2. The molecule has 1 heterocycles. The Labute approximate surface area is 172 Å². The van der Waals surface area contributed by atoms with Crippen molar-refractivity contribution < 1.29 is 19.1 Å². The van der Waals surface area contributed by atoms with Gasteiger partial charge in [0.05, 0.1) is 18.6 Å². The lowest BCUT2D eigenvalue weighted by Gasteiger charge is -2.17. The van der Waals surface area contributed by atoms with Crippen molar-refractivity contribution in [3.8, 4) is 17.2 Å². The largest absolute Gasteiger partial charge is 0.493 e. The van der Waals surface area contributed by atoms with Gasteiger partial charge in [-0.25, -0.2) is 0 Å². The van der Waals surface area contributed by atoms with Gasteiger partial charge in [-0.2, -0.15) is 0 Å². The molecule has 0 atom stereocenters. The molecule has 0 aromatic heterocycles. The van der Waals surface area contributed by atoms with Crippen LogP contribution in [0.4, 0.5) is 11.4 Å². The van der Waals surface area contributed by atoms with Crippen LogP contribution in [0.5, 0.6) is 17.2 Å². The lowest BCUT2D eigenvalue weighted by atomic mass is 10.1. The maximum absolute atomic E-state index is 12.6. The van der Waals surface area contributed by atoms with Crippen molar-refractivity contribution >= 4 is 35.0 Å². The summed E-state index contributed by atoms with van der Waals surface area (Å²) in [6, 6.07) is 19.7. The van der Waals surface area contributed by atoms with E-state index in [1.54, 1.807) is 43.5 Å². The smallest absolute Gasteiger partial charge is 0.255 e. The van der Waals surface area contributed by atoms with Gasteiger partial charge < -0.3 is 20.1 Å². The summed E-state index contributed by atoms with van der Waals surface area (Å²) in [5.41, 5.74) is 1.78. The first kappa shape index (κ1) is 18.9. The molecule has 7 heteroatoms. The molecular formula is C22H18N2O4S. The second-order valence-corrected chi connectivity index (χ2v) is 7.30. The van der Waals surface area contributed by atoms with Gasteiger partial charge in [0.1, 0.15) is 5.75 Å². The highest BCUT2D eigenvalue weighted by molar-refractivity contribution is 8.00. The van der Waals surface area contributed by atoms with E-state index >= 15 is 0 Å². The number of rotatable bonds is 5. The van der Waals surface area contributed by atoms with Gasteiger partial charge >= 0.3 is 0 Å². The molecule has 0 saturated carbocycles. The number of carbonyl (C=O) groups is 2. The first-order valence-corrected chi connectivity index (χ1v) is 9.90. The molecule has 3 aromatic carbocycles. The molecule has 1 aliphatic heterocycles. The van der Waals surface area contributed by atoms with Crippen LogP contribution in [0.2, 0.25) is 0 Å². The summed E-state index contributed by atoms with van der Waals surface area (Å²) in [5, 5.41) is 5.64. The monoisotopic (exact) mass is 406 g/mol. The number of thioether (sulfide) groups is 1. The Kier molecular flexibility index (Phi) is 5.39.